The fourth-order valence-corrected chi connectivity index (χ4v) is 3.08. The highest BCUT2D eigenvalue weighted by molar-refractivity contribution is 7.99. The number of unbranched alkanes of at least 4 members (excludes halogenated alkanes) is 1. The number of carbonyl (C=O) groups excluding carboxylic acids is 1. The van der Waals surface area contributed by atoms with Crippen LogP contribution in [0.5, 0.6) is 0 Å². The fraction of sp³-hybridized carbons (Fsp3) is 0.917. The number of thioether (sulfide) groups is 1. The van der Waals surface area contributed by atoms with Gasteiger partial charge in [-0.25, -0.2) is 0 Å². The van der Waals surface area contributed by atoms with Crippen molar-refractivity contribution in [1.29, 1.82) is 0 Å². The first-order valence-electron chi connectivity index (χ1n) is 6.36. The minimum atomic E-state index is 0. The van der Waals surface area contributed by atoms with Gasteiger partial charge < -0.3 is 11.1 Å². The molecule has 1 aliphatic rings. The highest BCUT2D eigenvalue weighted by Gasteiger charge is 2.22. The summed E-state index contributed by atoms with van der Waals surface area (Å²) in [5.74, 6) is 2.71. The number of nitrogens with one attached hydrogen (secondary N) is 1. The number of halogens is 1. The maximum Gasteiger partial charge on any atom is 0.223 e. The molecule has 1 amide bonds. The van der Waals surface area contributed by atoms with Crippen LogP contribution in [0.3, 0.4) is 0 Å². The average Bonchev–Trinajstić information content (AvgIpc) is 2.35. The Bertz CT molecular complexity index is 211. The Kier molecular flexibility index (Phi) is 10.1. The molecule has 3 nitrogen and oxygen atoms in total. The minimum Gasteiger partial charge on any atom is -0.352 e. The number of hydrogen-bond acceptors (Lipinski definition) is 3. The number of carbonyl (C=O) groups is 1. The van der Waals surface area contributed by atoms with Gasteiger partial charge in [-0.1, -0.05) is 19.8 Å². The van der Waals surface area contributed by atoms with Crippen LogP contribution >= 0.6 is 24.2 Å². The van der Waals surface area contributed by atoms with Crippen LogP contribution in [0.1, 0.15) is 39.0 Å². The van der Waals surface area contributed by atoms with Crippen molar-refractivity contribution in [2.45, 2.75) is 45.1 Å². The van der Waals surface area contributed by atoms with E-state index < -0.39 is 0 Å². The Morgan fingerprint density at radius 1 is 1.47 bits per heavy atom. The number of nitrogens with two attached hydrogens (primary N) is 1. The lowest BCUT2D eigenvalue weighted by Crippen LogP contribution is -2.43. The summed E-state index contributed by atoms with van der Waals surface area (Å²) in [5.41, 5.74) is 5.67. The maximum absolute atomic E-state index is 12.0. The SMILES string of the molecule is CCCCC(CN)NC(=O)C1CCSCC1.Cl. The second-order valence-corrected chi connectivity index (χ2v) is 5.69. The van der Waals surface area contributed by atoms with Crippen LogP contribution in [0.4, 0.5) is 0 Å². The van der Waals surface area contributed by atoms with Crippen molar-refractivity contribution in [3.8, 4) is 0 Å². The molecular weight excluding hydrogens is 256 g/mol. The lowest BCUT2D eigenvalue weighted by Gasteiger charge is -2.24. The van der Waals surface area contributed by atoms with Crippen molar-refractivity contribution in [3.63, 3.8) is 0 Å². The van der Waals surface area contributed by atoms with Gasteiger partial charge >= 0.3 is 0 Å². The third kappa shape index (κ3) is 6.53. The molecule has 0 spiro atoms. The van der Waals surface area contributed by atoms with Gasteiger partial charge in [0.1, 0.15) is 0 Å². The first-order chi connectivity index (χ1) is 7.77. The summed E-state index contributed by atoms with van der Waals surface area (Å²) in [4.78, 5) is 12.0. The van der Waals surface area contributed by atoms with Crippen molar-refractivity contribution >= 4 is 30.1 Å². The van der Waals surface area contributed by atoms with E-state index in [1.54, 1.807) is 0 Å². The number of rotatable bonds is 6. The largest absolute Gasteiger partial charge is 0.352 e. The van der Waals surface area contributed by atoms with Crippen LogP contribution in [0, 0.1) is 5.92 Å². The maximum atomic E-state index is 12.0. The molecule has 0 aromatic carbocycles. The van der Waals surface area contributed by atoms with Gasteiger partial charge in [0.2, 0.25) is 5.91 Å². The van der Waals surface area contributed by atoms with Crippen LogP contribution in [0.2, 0.25) is 0 Å². The van der Waals surface area contributed by atoms with Crippen molar-refractivity contribution < 1.29 is 4.79 Å². The molecule has 0 radical (unpaired) electrons. The molecule has 1 saturated heterocycles. The van der Waals surface area contributed by atoms with E-state index in [1.807, 2.05) is 11.8 Å². The monoisotopic (exact) mass is 280 g/mol. The summed E-state index contributed by atoms with van der Waals surface area (Å²) in [7, 11) is 0. The lowest BCUT2D eigenvalue weighted by molar-refractivity contribution is -0.125. The topological polar surface area (TPSA) is 55.1 Å². The zero-order valence-corrected chi connectivity index (χ0v) is 12.2. The van der Waals surface area contributed by atoms with Crippen molar-refractivity contribution in [2.75, 3.05) is 18.1 Å². The van der Waals surface area contributed by atoms with Crippen molar-refractivity contribution in [2.24, 2.45) is 11.7 Å². The Balaban J connectivity index is 0.00000256. The zero-order chi connectivity index (χ0) is 11.8. The molecule has 0 bridgehead atoms. The molecule has 1 fully saturated rings. The van der Waals surface area contributed by atoms with Crippen LogP contribution in [-0.2, 0) is 4.79 Å². The summed E-state index contributed by atoms with van der Waals surface area (Å²) < 4.78 is 0. The third-order valence-electron chi connectivity index (χ3n) is 3.13. The van der Waals surface area contributed by atoms with Crippen molar-refractivity contribution in [1.82, 2.24) is 5.32 Å². The van der Waals surface area contributed by atoms with Crippen LogP contribution in [0.15, 0.2) is 0 Å². The highest BCUT2D eigenvalue weighted by Crippen LogP contribution is 2.22. The summed E-state index contributed by atoms with van der Waals surface area (Å²) in [6, 6.07) is 0.182. The molecule has 1 heterocycles. The van der Waals surface area contributed by atoms with Gasteiger partial charge in [-0.3, -0.25) is 4.79 Å². The summed E-state index contributed by atoms with van der Waals surface area (Å²) in [6.07, 6.45) is 5.37. The van der Waals surface area contributed by atoms with E-state index in [1.165, 1.54) is 0 Å². The summed E-state index contributed by atoms with van der Waals surface area (Å²) in [5, 5.41) is 3.10. The van der Waals surface area contributed by atoms with E-state index in [0.717, 1.165) is 43.6 Å². The predicted octanol–water partition coefficient (Wildman–Crippen LogP) is 2.19. The predicted molar refractivity (Wildman–Crippen MR) is 77.8 cm³/mol. The molecule has 3 N–H and O–H groups in total. The molecule has 17 heavy (non-hydrogen) atoms. The van der Waals surface area contributed by atoms with Gasteiger partial charge in [0, 0.05) is 18.5 Å². The highest BCUT2D eigenvalue weighted by atomic mass is 35.5. The van der Waals surface area contributed by atoms with E-state index in [0.29, 0.717) is 6.54 Å². The van der Waals surface area contributed by atoms with E-state index in [9.17, 15) is 4.79 Å². The van der Waals surface area contributed by atoms with E-state index in [2.05, 4.69) is 12.2 Å². The molecule has 0 aliphatic carbocycles. The lowest BCUT2D eigenvalue weighted by atomic mass is 10.0. The van der Waals surface area contributed by atoms with E-state index in [4.69, 9.17) is 5.73 Å². The molecule has 102 valence electrons. The standard InChI is InChI=1S/C12H24N2OS.ClH/c1-2-3-4-11(9-13)14-12(15)10-5-7-16-8-6-10;/h10-11H,2-9,13H2,1H3,(H,14,15);1H. The van der Waals surface area contributed by atoms with Gasteiger partial charge in [-0.2, -0.15) is 11.8 Å². The molecule has 1 atom stereocenters. The summed E-state index contributed by atoms with van der Waals surface area (Å²) in [6.45, 7) is 2.72. The number of amides is 1. The van der Waals surface area contributed by atoms with E-state index >= 15 is 0 Å². The Morgan fingerprint density at radius 3 is 2.65 bits per heavy atom. The summed E-state index contributed by atoms with van der Waals surface area (Å²) >= 11 is 1.95. The first-order valence-corrected chi connectivity index (χ1v) is 7.51. The molecule has 1 unspecified atom stereocenters. The molecule has 0 aromatic rings. The smallest absolute Gasteiger partial charge is 0.223 e. The second-order valence-electron chi connectivity index (χ2n) is 4.47. The van der Waals surface area contributed by atoms with Crippen LogP contribution in [-0.4, -0.2) is 30.0 Å². The van der Waals surface area contributed by atoms with Gasteiger partial charge in [0.05, 0.1) is 0 Å². The van der Waals surface area contributed by atoms with Gasteiger partial charge in [0.25, 0.3) is 0 Å². The molecular formula is C12H25ClN2OS. The van der Waals surface area contributed by atoms with Gasteiger partial charge in [-0.05, 0) is 30.8 Å². The van der Waals surface area contributed by atoms with Crippen LogP contribution in [0.25, 0.3) is 0 Å². The quantitative estimate of drug-likeness (QED) is 0.784. The fourth-order valence-electron chi connectivity index (χ4n) is 1.98. The minimum absolute atomic E-state index is 0. The van der Waals surface area contributed by atoms with Gasteiger partial charge in [0.15, 0.2) is 0 Å². The first kappa shape index (κ1) is 17.1. The average molecular weight is 281 g/mol. The molecule has 5 heteroatoms. The van der Waals surface area contributed by atoms with Crippen LogP contribution < -0.4 is 11.1 Å². The molecule has 1 aliphatic heterocycles. The van der Waals surface area contributed by atoms with Gasteiger partial charge in [-0.15, -0.1) is 12.4 Å². The Labute approximate surface area is 115 Å². The van der Waals surface area contributed by atoms with E-state index in [-0.39, 0.29) is 30.3 Å². The van der Waals surface area contributed by atoms with Crippen molar-refractivity contribution in [3.05, 3.63) is 0 Å². The molecule has 0 aromatic heterocycles. The molecule has 1 rings (SSSR count). The number of hydrogen-bond donors (Lipinski definition) is 2. The normalized spacial score (nSPS) is 18.2. The Morgan fingerprint density at radius 2 is 2.12 bits per heavy atom. The third-order valence-corrected chi connectivity index (χ3v) is 4.18. The zero-order valence-electron chi connectivity index (χ0n) is 10.6. The second kappa shape index (κ2) is 10.0. The Hall–Kier alpha value is 0.0700. The molecule has 0 saturated carbocycles.